The average molecular weight is 521 g/mol. The first kappa shape index (κ1) is 28.7. The summed E-state index contributed by atoms with van der Waals surface area (Å²) in [5, 5.41) is 17.6. The van der Waals surface area contributed by atoms with Crippen LogP contribution in [0.5, 0.6) is 0 Å². The molecule has 1 heterocycles. The van der Waals surface area contributed by atoms with Crippen LogP contribution < -0.4 is 27.4 Å². The topological polar surface area (TPSA) is 209 Å². The number of benzene rings is 1. The smallest absolute Gasteiger partial charge is 0.326 e. The quantitative estimate of drug-likeness (QED) is 0.158. The van der Waals surface area contributed by atoms with Crippen LogP contribution in [0.3, 0.4) is 0 Å². The van der Waals surface area contributed by atoms with Gasteiger partial charge in [-0.3, -0.25) is 19.2 Å². The molecule has 0 bridgehead atoms. The molecule has 1 aromatic carbocycles. The van der Waals surface area contributed by atoms with E-state index < -0.39 is 54.3 Å². The summed E-state index contributed by atoms with van der Waals surface area (Å²) in [6.07, 6.45) is 3.70. The van der Waals surface area contributed by atoms with E-state index in [-0.39, 0.29) is 25.7 Å². The fraction of sp³-hybridized carbons (Fsp3) is 0.435. The van der Waals surface area contributed by atoms with Crippen LogP contribution in [-0.4, -0.2) is 76.4 Å². The first-order valence-corrected chi connectivity index (χ1v) is 12.7. The van der Waals surface area contributed by atoms with Crippen molar-refractivity contribution in [1.29, 1.82) is 0 Å². The van der Waals surface area contributed by atoms with E-state index in [0.29, 0.717) is 5.75 Å². The lowest BCUT2D eigenvalue weighted by Gasteiger charge is -2.21. The van der Waals surface area contributed by atoms with Gasteiger partial charge in [0.05, 0.1) is 12.6 Å². The number of amides is 4. The molecule has 2 rings (SSSR count). The Morgan fingerprint density at radius 3 is 2.44 bits per heavy atom. The number of aromatic nitrogens is 1. The van der Waals surface area contributed by atoms with Crippen LogP contribution in [0.1, 0.15) is 24.8 Å². The van der Waals surface area contributed by atoms with Crippen LogP contribution in [0.25, 0.3) is 10.9 Å². The number of carboxylic acid groups (broad SMARTS) is 1. The number of fused-ring (bicyclic) bond motifs is 1. The first-order valence-electron chi connectivity index (χ1n) is 11.3. The molecule has 0 spiro atoms. The summed E-state index contributed by atoms with van der Waals surface area (Å²) in [6, 6.07) is 4.35. The van der Waals surface area contributed by atoms with Crippen molar-refractivity contribution in [3.8, 4) is 0 Å². The van der Waals surface area contributed by atoms with Gasteiger partial charge in [0.15, 0.2) is 0 Å². The highest BCUT2D eigenvalue weighted by atomic mass is 32.2. The molecule has 0 fully saturated rings. The van der Waals surface area contributed by atoms with Gasteiger partial charge >= 0.3 is 5.97 Å². The molecule has 1 aromatic heterocycles. The number of nitrogens with one attached hydrogen (secondary N) is 4. The van der Waals surface area contributed by atoms with E-state index in [2.05, 4.69) is 20.9 Å². The van der Waals surface area contributed by atoms with Gasteiger partial charge in [-0.1, -0.05) is 18.2 Å². The number of carbonyl (C=O) groups is 5. The summed E-state index contributed by atoms with van der Waals surface area (Å²) in [5.74, 6) is -3.38. The van der Waals surface area contributed by atoms with Crippen molar-refractivity contribution in [1.82, 2.24) is 20.9 Å². The van der Waals surface area contributed by atoms with Gasteiger partial charge in [-0.15, -0.1) is 0 Å². The Kier molecular flexibility index (Phi) is 11.2. The zero-order chi connectivity index (χ0) is 26.7. The molecular weight excluding hydrogens is 488 g/mol. The number of hydrogen-bond acceptors (Lipinski definition) is 7. The second kappa shape index (κ2) is 14.1. The van der Waals surface area contributed by atoms with Crippen molar-refractivity contribution in [2.24, 2.45) is 11.5 Å². The molecule has 0 saturated heterocycles. The van der Waals surface area contributed by atoms with Crippen molar-refractivity contribution in [3.05, 3.63) is 36.0 Å². The van der Waals surface area contributed by atoms with Gasteiger partial charge in [-0.05, 0) is 42.9 Å². The maximum atomic E-state index is 12.7. The minimum absolute atomic E-state index is 0.177. The Labute approximate surface area is 212 Å². The van der Waals surface area contributed by atoms with Crippen molar-refractivity contribution in [3.63, 3.8) is 0 Å². The maximum absolute atomic E-state index is 12.7. The summed E-state index contributed by atoms with van der Waals surface area (Å²) in [7, 11) is 0. The molecule has 0 aliphatic heterocycles. The number of carbonyl (C=O) groups excluding carboxylic acids is 4. The zero-order valence-electron chi connectivity index (χ0n) is 19.9. The lowest BCUT2D eigenvalue weighted by Crippen LogP contribution is -2.54. The van der Waals surface area contributed by atoms with Gasteiger partial charge < -0.3 is 37.5 Å². The zero-order valence-corrected chi connectivity index (χ0v) is 20.7. The summed E-state index contributed by atoms with van der Waals surface area (Å²) in [4.78, 5) is 63.0. The Bertz CT molecular complexity index is 1090. The van der Waals surface area contributed by atoms with Crippen molar-refractivity contribution >= 4 is 52.3 Å². The van der Waals surface area contributed by atoms with Crippen LogP contribution in [0.15, 0.2) is 30.5 Å². The molecule has 0 saturated carbocycles. The molecule has 0 radical (unpaired) electrons. The van der Waals surface area contributed by atoms with E-state index in [1.807, 2.05) is 30.5 Å². The number of carboxylic acids is 1. The highest BCUT2D eigenvalue weighted by Gasteiger charge is 2.27. The molecule has 13 heteroatoms. The minimum atomic E-state index is -1.33. The summed E-state index contributed by atoms with van der Waals surface area (Å²) >= 11 is 1.44. The van der Waals surface area contributed by atoms with Gasteiger partial charge in [0.25, 0.3) is 0 Å². The Balaban J connectivity index is 1.90. The summed E-state index contributed by atoms with van der Waals surface area (Å²) in [5.41, 5.74) is 12.9. The van der Waals surface area contributed by atoms with Crippen molar-refractivity contribution in [2.75, 3.05) is 18.6 Å². The van der Waals surface area contributed by atoms with E-state index in [1.54, 1.807) is 6.20 Å². The third kappa shape index (κ3) is 8.89. The van der Waals surface area contributed by atoms with Crippen LogP contribution in [0.4, 0.5) is 0 Å². The number of thioether (sulfide) groups is 1. The maximum Gasteiger partial charge on any atom is 0.326 e. The standard InChI is InChI=1S/C23H32N6O6S/c1-36-9-8-17(22(33)29-18(23(34)35)6-7-19(25)30)28-20(31)12-27-21(32)15(24)10-13-11-26-16-5-3-2-4-14(13)16/h2-5,11,15,17-18,26H,6-10,12,24H2,1H3,(H2,25,30)(H,27,32)(H,28,31)(H,29,33)(H,34,35). The normalized spacial score (nSPS) is 13.4. The number of rotatable bonds is 15. The molecular formula is C23H32N6O6S. The second-order valence-electron chi connectivity index (χ2n) is 8.19. The molecule has 36 heavy (non-hydrogen) atoms. The highest BCUT2D eigenvalue weighted by molar-refractivity contribution is 7.98. The van der Waals surface area contributed by atoms with Crippen LogP contribution >= 0.6 is 11.8 Å². The second-order valence-corrected chi connectivity index (χ2v) is 9.18. The molecule has 2 aromatic rings. The number of primary amides is 1. The lowest BCUT2D eigenvalue weighted by molar-refractivity contribution is -0.142. The van der Waals surface area contributed by atoms with Gasteiger partial charge in [0.2, 0.25) is 23.6 Å². The van der Waals surface area contributed by atoms with Crippen LogP contribution in [-0.2, 0) is 30.4 Å². The van der Waals surface area contributed by atoms with Crippen molar-refractivity contribution in [2.45, 2.75) is 43.8 Å². The number of para-hydroxylation sites is 1. The van der Waals surface area contributed by atoms with Crippen LogP contribution in [0, 0.1) is 0 Å². The summed E-state index contributed by atoms with van der Waals surface area (Å²) < 4.78 is 0. The third-order valence-corrected chi connectivity index (χ3v) is 6.07. The van der Waals surface area contributed by atoms with Gasteiger partial charge in [0.1, 0.15) is 12.1 Å². The predicted molar refractivity (Wildman–Crippen MR) is 136 cm³/mol. The number of H-pyrrole nitrogens is 1. The van der Waals surface area contributed by atoms with Crippen LogP contribution in [0.2, 0.25) is 0 Å². The van der Waals surface area contributed by atoms with Gasteiger partial charge in [-0.25, -0.2) is 4.79 Å². The molecule has 0 aliphatic rings. The summed E-state index contributed by atoms with van der Waals surface area (Å²) in [6.45, 7) is -0.409. The first-order chi connectivity index (χ1) is 17.1. The molecule has 9 N–H and O–H groups in total. The molecule has 0 aliphatic carbocycles. The predicted octanol–water partition coefficient (Wildman–Crippen LogP) is -0.773. The van der Waals surface area contributed by atoms with Gasteiger partial charge in [0, 0.05) is 23.5 Å². The Morgan fingerprint density at radius 2 is 1.78 bits per heavy atom. The fourth-order valence-electron chi connectivity index (χ4n) is 3.49. The third-order valence-electron chi connectivity index (χ3n) is 5.43. The Morgan fingerprint density at radius 1 is 1.06 bits per heavy atom. The van der Waals surface area contributed by atoms with E-state index >= 15 is 0 Å². The number of hydrogen-bond donors (Lipinski definition) is 7. The molecule has 12 nitrogen and oxygen atoms in total. The fourth-order valence-corrected chi connectivity index (χ4v) is 3.97. The average Bonchev–Trinajstić information content (AvgIpc) is 3.24. The van der Waals surface area contributed by atoms with E-state index in [0.717, 1.165) is 16.5 Å². The molecule has 196 valence electrons. The van der Waals surface area contributed by atoms with Crippen molar-refractivity contribution < 1.29 is 29.1 Å². The monoisotopic (exact) mass is 520 g/mol. The lowest BCUT2D eigenvalue weighted by atomic mass is 10.1. The van der Waals surface area contributed by atoms with E-state index in [1.165, 1.54) is 11.8 Å². The van der Waals surface area contributed by atoms with Gasteiger partial charge in [-0.2, -0.15) is 11.8 Å². The largest absolute Gasteiger partial charge is 0.480 e. The molecule has 3 atom stereocenters. The highest BCUT2D eigenvalue weighted by Crippen LogP contribution is 2.18. The molecule has 4 amide bonds. The van der Waals surface area contributed by atoms with E-state index in [9.17, 15) is 29.1 Å². The number of aromatic amines is 1. The SMILES string of the molecule is CSCCC(NC(=O)CNC(=O)C(N)Cc1c[nH]c2ccccc12)C(=O)NC(CCC(N)=O)C(=O)O. The minimum Gasteiger partial charge on any atom is -0.480 e. The molecule has 3 unspecified atom stereocenters. The van der Waals surface area contributed by atoms with E-state index in [4.69, 9.17) is 11.5 Å². The Hall–Kier alpha value is -3.58. The number of nitrogens with two attached hydrogens (primary N) is 2. The number of aliphatic carboxylic acids is 1.